The van der Waals surface area contributed by atoms with Gasteiger partial charge in [-0.05, 0) is 11.6 Å². The Morgan fingerprint density at radius 3 is 2.19 bits per heavy atom. The first-order valence-electron chi connectivity index (χ1n) is 6.67. The summed E-state index contributed by atoms with van der Waals surface area (Å²) in [5, 5.41) is 0. The van der Waals surface area contributed by atoms with Gasteiger partial charge in [-0.25, -0.2) is 0 Å². The predicted molar refractivity (Wildman–Crippen MR) is 81.9 cm³/mol. The molecule has 0 heterocycles. The van der Waals surface area contributed by atoms with E-state index in [1.165, 1.54) is 4.90 Å². The van der Waals surface area contributed by atoms with E-state index in [0.717, 1.165) is 0 Å². The summed E-state index contributed by atoms with van der Waals surface area (Å²) in [6.07, 6.45) is 0. The normalized spacial score (nSPS) is 11.8. The average molecular weight is 282 g/mol. The fourth-order valence-corrected chi connectivity index (χ4v) is 2.05. The minimum Gasteiger partial charge on any atom is -0.347 e. The topological polar surface area (TPSA) is 63.4 Å². The Balaban J connectivity index is 2.30. The molecule has 1 amide bonds. The molecule has 0 aliphatic carbocycles. The van der Waals surface area contributed by atoms with Crippen molar-refractivity contribution < 1.29 is 9.59 Å². The Labute approximate surface area is 124 Å². The predicted octanol–water partition coefficient (Wildman–Crippen LogP) is 2.01. The van der Waals surface area contributed by atoms with Crippen molar-refractivity contribution in [1.29, 1.82) is 0 Å². The van der Waals surface area contributed by atoms with Crippen LogP contribution in [0.25, 0.3) is 0 Å². The first-order chi connectivity index (χ1) is 10.0. The number of hydrogen-bond donors (Lipinski definition) is 1. The van der Waals surface area contributed by atoms with Gasteiger partial charge < -0.3 is 10.6 Å². The smallest absolute Gasteiger partial charge is 0.243 e. The van der Waals surface area contributed by atoms with Crippen LogP contribution in [0.4, 0.5) is 0 Å². The number of nitrogens with two attached hydrogens (primary N) is 1. The highest BCUT2D eigenvalue weighted by molar-refractivity contribution is 6.09. The molecule has 0 aromatic heterocycles. The van der Waals surface area contributed by atoms with E-state index in [0.29, 0.717) is 16.7 Å². The van der Waals surface area contributed by atoms with Crippen LogP contribution in [0, 0.1) is 0 Å². The van der Waals surface area contributed by atoms with E-state index < -0.39 is 6.04 Å². The molecule has 2 N–H and O–H groups in total. The van der Waals surface area contributed by atoms with Gasteiger partial charge in [0.25, 0.3) is 0 Å². The summed E-state index contributed by atoms with van der Waals surface area (Å²) in [7, 11) is 3.31. The van der Waals surface area contributed by atoms with Crippen molar-refractivity contribution in [2.75, 3.05) is 14.1 Å². The summed E-state index contributed by atoms with van der Waals surface area (Å²) in [6, 6.07) is 15.2. The van der Waals surface area contributed by atoms with Gasteiger partial charge in [0.05, 0.1) is 0 Å². The molecule has 0 aliphatic rings. The largest absolute Gasteiger partial charge is 0.347 e. The molecule has 0 spiro atoms. The maximum atomic E-state index is 12.4. The van der Waals surface area contributed by atoms with Crippen LogP contribution in [0.3, 0.4) is 0 Å². The maximum Gasteiger partial charge on any atom is 0.243 e. The van der Waals surface area contributed by atoms with Crippen LogP contribution < -0.4 is 5.73 Å². The summed E-state index contributed by atoms with van der Waals surface area (Å²) in [5.41, 5.74) is 7.72. The lowest BCUT2D eigenvalue weighted by atomic mass is 9.98. The molecule has 4 heteroatoms. The quantitative estimate of drug-likeness (QED) is 0.872. The van der Waals surface area contributed by atoms with Crippen molar-refractivity contribution >= 4 is 11.7 Å². The zero-order valence-electron chi connectivity index (χ0n) is 12.1. The van der Waals surface area contributed by atoms with Gasteiger partial charge >= 0.3 is 0 Å². The van der Waals surface area contributed by atoms with Crippen molar-refractivity contribution in [3.63, 3.8) is 0 Å². The Kier molecular flexibility index (Phi) is 4.50. The fraction of sp³-hybridized carbons (Fsp3) is 0.176. The Hall–Kier alpha value is -2.46. The third-order valence-electron chi connectivity index (χ3n) is 3.25. The Morgan fingerprint density at radius 2 is 1.57 bits per heavy atom. The molecule has 4 nitrogen and oxygen atoms in total. The lowest BCUT2D eigenvalue weighted by Crippen LogP contribution is -2.33. The monoisotopic (exact) mass is 282 g/mol. The molecule has 0 saturated carbocycles. The van der Waals surface area contributed by atoms with Gasteiger partial charge in [-0.3, -0.25) is 9.59 Å². The molecular weight excluding hydrogens is 264 g/mol. The second-order valence-corrected chi connectivity index (χ2v) is 5.03. The van der Waals surface area contributed by atoms with Gasteiger partial charge in [0, 0.05) is 25.2 Å². The van der Waals surface area contributed by atoms with Gasteiger partial charge in [0.2, 0.25) is 5.91 Å². The zero-order chi connectivity index (χ0) is 15.4. The number of nitrogens with zero attached hydrogens (tertiary/aromatic N) is 1. The molecule has 0 aliphatic heterocycles. The lowest BCUT2D eigenvalue weighted by molar-refractivity contribution is -0.130. The third-order valence-corrected chi connectivity index (χ3v) is 3.25. The van der Waals surface area contributed by atoms with Crippen LogP contribution >= 0.6 is 0 Å². The number of ketones is 1. The number of rotatable bonds is 4. The standard InChI is InChI=1S/C17H18N2O2/c1-19(2)17(21)15(18)13-9-6-10-14(11-13)16(20)12-7-4-3-5-8-12/h3-11,15H,18H2,1-2H3. The summed E-state index contributed by atoms with van der Waals surface area (Å²) in [4.78, 5) is 25.7. The van der Waals surface area contributed by atoms with Gasteiger partial charge in [-0.15, -0.1) is 0 Å². The molecule has 0 saturated heterocycles. The molecule has 0 bridgehead atoms. The van der Waals surface area contributed by atoms with Crippen LogP contribution in [0.1, 0.15) is 27.5 Å². The number of likely N-dealkylation sites (N-methyl/N-ethyl adjacent to an activating group) is 1. The van der Waals surface area contributed by atoms with Crippen LogP contribution in [-0.2, 0) is 4.79 Å². The van der Waals surface area contributed by atoms with Gasteiger partial charge in [0.1, 0.15) is 6.04 Å². The fourth-order valence-electron chi connectivity index (χ4n) is 2.05. The molecule has 2 aromatic carbocycles. The van der Waals surface area contributed by atoms with Gasteiger partial charge in [-0.2, -0.15) is 0 Å². The van der Waals surface area contributed by atoms with Crippen molar-refractivity contribution in [2.24, 2.45) is 5.73 Å². The van der Waals surface area contributed by atoms with Gasteiger partial charge in [-0.1, -0.05) is 48.5 Å². The van der Waals surface area contributed by atoms with Crippen molar-refractivity contribution in [2.45, 2.75) is 6.04 Å². The van der Waals surface area contributed by atoms with E-state index in [1.807, 2.05) is 18.2 Å². The summed E-state index contributed by atoms with van der Waals surface area (Å²) in [5.74, 6) is -0.277. The summed E-state index contributed by atoms with van der Waals surface area (Å²) >= 11 is 0. The molecule has 2 aromatic rings. The van der Waals surface area contributed by atoms with Crippen LogP contribution in [0.5, 0.6) is 0 Å². The summed E-state index contributed by atoms with van der Waals surface area (Å²) < 4.78 is 0. The first-order valence-corrected chi connectivity index (χ1v) is 6.67. The van der Waals surface area contributed by atoms with E-state index in [-0.39, 0.29) is 11.7 Å². The van der Waals surface area contributed by atoms with Crippen LogP contribution in [0.2, 0.25) is 0 Å². The van der Waals surface area contributed by atoms with E-state index in [2.05, 4.69) is 0 Å². The zero-order valence-corrected chi connectivity index (χ0v) is 12.1. The molecular formula is C17H18N2O2. The summed E-state index contributed by atoms with van der Waals surface area (Å²) in [6.45, 7) is 0. The molecule has 21 heavy (non-hydrogen) atoms. The highest BCUT2D eigenvalue weighted by atomic mass is 16.2. The minimum absolute atomic E-state index is 0.0815. The molecule has 2 rings (SSSR count). The molecule has 108 valence electrons. The number of carbonyl (C=O) groups excluding carboxylic acids is 2. The number of hydrogen-bond acceptors (Lipinski definition) is 3. The highest BCUT2D eigenvalue weighted by Gasteiger charge is 2.19. The van der Waals surface area contributed by atoms with Crippen molar-refractivity contribution in [3.8, 4) is 0 Å². The Bertz CT molecular complexity index is 651. The number of amides is 1. The average Bonchev–Trinajstić information content (AvgIpc) is 2.53. The van der Waals surface area contributed by atoms with Crippen LogP contribution in [0.15, 0.2) is 54.6 Å². The third kappa shape index (κ3) is 3.35. The SMILES string of the molecule is CN(C)C(=O)C(N)c1cccc(C(=O)c2ccccc2)c1. The van der Waals surface area contributed by atoms with E-state index >= 15 is 0 Å². The minimum atomic E-state index is -0.761. The van der Waals surface area contributed by atoms with Crippen molar-refractivity contribution in [1.82, 2.24) is 4.90 Å². The molecule has 0 fully saturated rings. The van der Waals surface area contributed by atoms with E-state index in [9.17, 15) is 9.59 Å². The first kappa shape index (κ1) is 14.9. The van der Waals surface area contributed by atoms with Crippen molar-refractivity contribution in [3.05, 3.63) is 71.3 Å². The molecule has 1 atom stereocenters. The highest BCUT2D eigenvalue weighted by Crippen LogP contribution is 2.17. The second kappa shape index (κ2) is 6.33. The van der Waals surface area contributed by atoms with Crippen LogP contribution in [-0.4, -0.2) is 30.7 Å². The van der Waals surface area contributed by atoms with E-state index in [4.69, 9.17) is 5.73 Å². The maximum absolute atomic E-state index is 12.4. The lowest BCUT2D eigenvalue weighted by Gasteiger charge is -2.17. The Morgan fingerprint density at radius 1 is 0.952 bits per heavy atom. The second-order valence-electron chi connectivity index (χ2n) is 5.03. The molecule has 0 radical (unpaired) electrons. The number of benzene rings is 2. The van der Waals surface area contributed by atoms with E-state index in [1.54, 1.807) is 50.5 Å². The van der Waals surface area contributed by atoms with Gasteiger partial charge in [0.15, 0.2) is 5.78 Å². The number of carbonyl (C=O) groups is 2. The molecule has 1 unspecified atom stereocenters.